The van der Waals surface area contributed by atoms with Crippen LogP contribution in [0.1, 0.15) is 30.1 Å². The van der Waals surface area contributed by atoms with Gasteiger partial charge in [0.2, 0.25) is 0 Å². The standard InChI is InChI=1S/C16H19N3O2/c1-16(21)7-11-18(12-8-16)15(20)13-3-5-14(6-4-13)19-10-2-9-17-19/h2-6,9-10,21H,7-8,11-12H2,1H3. The lowest BCUT2D eigenvalue weighted by molar-refractivity contribution is -0.00202. The van der Waals surface area contributed by atoms with Crippen molar-refractivity contribution in [2.24, 2.45) is 0 Å². The van der Waals surface area contributed by atoms with Crippen LogP contribution in [0.4, 0.5) is 0 Å². The van der Waals surface area contributed by atoms with Crippen molar-refractivity contribution in [1.29, 1.82) is 0 Å². The number of aliphatic hydroxyl groups is 1. The van der Waals surface area contributed by atoms with Gasteiger partial charge < -0.3 is 10.0 Å². The fourth-order valence-corrected chi connectivity index (χ4v) is 2.55. The van der Waals surface area contributed by atoms with Gasteiger partial charge in [-0.1, -0.05) is 0 Å². The number of aromatic nitrogens is 2. The Balaban J connectivity index is 1.71. The fourth-order valence-electron chi connectivity index (χ4n) is 2.55. The van der Waals surface area contributed by atoms with Gasteiger partial charge in [-0.15, -0.1) is 0 Å². The second kappa shape index (κ2) is 5.33. The number of likely N-dealkylation sites (tertiary alicyclic amines) is 1. The number of rotatable bonds is 2. The van der Waals surface area contributed by atoms with Crippen LogP contribution in [-0.2, 0) is 0 Å². The monoisotopic (exact) mass is 285 g/mol. The summed E-state index contributed by atoms with van der Waals surface area (Å²) in [5.41, 5.74) is 0.964. The molecule has 5 nitrogen and oxygen atoms in total. The molecule has 110 valence electrons. The average molecular weight is 285 g/mol. The molecule has 0 bridgehead atoms. The lowest BCUT2D eigenvalue weighted by atomic mass is 9.93. The van der Waals surface area contributed by atoms with Crippen molar-refractivity contribution < 1.29 is 9.90 Å². The smallest absolute Gasteiger partial charge is 0.253 e. The summed E-state index contributed by atoms with van der Waals surface area (Å²) in [7, 11) is 0. The second-order valence-electron chi connectivity index (χ2n) is 5.79. The van der Waals surface area contributed by atoms with Gasteiger partial charge in [-0.2, -0.15) is 5.10 Å². The molecular formula is C16H19N3O2. The van der Waals surface area contributed by atoms with E-state index in [2.05, 4.69) is 5.10 Å². The van der Waals surface area contributed by atoms with E-state index < -0.39 is 5.60 Å². The SMILES string of the molecule is CC1(O)CCN(C(=O)c2ccc(-n3cccn3)cc2)CC1. The lowest BCUT2D eigenvalue weighted by Crippen LogP contribution is -2.45. The maximum Gasteiger partial charge on any atom is 0.253 e. The van der Waals surface area contributed by atoms with Crippen LogP contribution in [0.2, 0.25) is 0 Å². The molecular weight excluding hydrogens is 266 g/mol. The molecule has 0 unspecified atom stereocenters. The van der Waals surface area contributed by atoms with Crippen LogP contribution in [-0.4, -0.2) is 44.4 Å². The summed E-state index contributed by atoms with van der Waals surface area (Å²) in [5, 5.41) is 14.1. The number of nitrogens with zero attached hydrogens (tertiary/aromatic N) is 3. The molecule has 1 saturated heterocycles. The van der Waals surface area contributed by atoms with Crippen molar-refractivity contribution in [1.82, 2.24) is 14.7 Å². The number of benzene rings is 1. The van der Waals surface area contributed by atoms with Crippen LogP contribution in [0.25, 0.3) is 5.69 Å². The molecule has 1 N–H and O–H groups in total. The zero-order chi connectivity index (χ0) is 14.9. The largest absolute Gasteiger partial charge is 0.390 e. The topological polar surface area (TPSA) is 58.4 Å². The summed E-state index contributed by atoms with van der Waals surface area (Å²) in [4.78, 5) is 14.2. The van der Waals surface area contributed by atoms with E-state index in [1.54, 1.807) is 15.8 Å². The zero-order valence-corrected chi connectivity index (χ0v) is 12.1. The Kier molecular flexibility index (Phi) is 3.51. The Hall–Kier alpha value is -2.14. The normalized spacial score (nSPS) is 17.7. The Morgan fingerprint density at radius 2 is 1.90 bits per heavy atom. The molecule has 0 radical (unpaired) electrons. The van der Waals surface area contributed by atoms with Crippen molar-refractivity contribution >= 4 is 5.91 Å². The van der Waals surface area contributed by atoms with E-state index in [-0.39, 0.29) is 5.91 Å². The zero-order valence-electron chi connectivity index (χ0n) is 12.1. The molecule has 5 heteroatoms. The highest BCUT2D eigenvalue weighted by molar-refractivity contribution is 5.94. The first-order chi connectivity index (χ1) is 10.1. The molecule has 0 atom stereocenters. The number of hydrogen-bond acceptors (Lipinski definition) is 3. The molecule has 3 rings (SSSR count). The lowest BCUT2D eigenvalue weighted by Gasteiger charge is -2.35. The Morgan fingerprint density at radius 3 is 2.48 bits per heavy atom. The number of carbonyl (C=O) groups is 1. The minimum absolute atomic E-state index is 0.0255. The second-order valence-corrected chi connectivity index (χ2v) is 5.79. The van der Waals surface area contributed by atoms with Crippen LogP contribution in [0, 0.1) is 0 Å². The molecule has 1 aromatic heterocycles. The van der Waals surface area contributed by atoms with Crippen molar-refractivity contribution in [3.8, 4) is 5.69 Å². The van der Waals surface area contributed by atoms with Crippen molar-refractivity contribution in [2.75, 3.05) is 13.1 Å². The predicted molar refractivity (Wildman–Crippen MR) is 79.3 cm³/mol. The third-order valence-corrected chi connectivity index (χ3v) is 4.01. The van der Waals surface area contributed by atoms with Crippen LogP contribution >= 0.6 is 0 Å². The van der Waals surface area contributed by atoms with Gasteiger partial charge in [0.15, 0.2) is 0 Å². The average Bonchev–Trinajstić information content (AvgIpc) is 3.01. The van der Waals surface area contributed by atoms with Gasteiger partial charge in [0.05, 0.1) is 11.3 Å². The number of carbonyl (C=O) groups excluding carboxylic acids is 1. The highest BCUT2D eigenvalue weighted by Crippen LogP contribution is 2.22. The van der Waals surface area contributed by atoms with Gasteiger partial charge in [0.25, 0.3) is 5.91 Å². The first-order valence-corrected chi connectivity index (χ1v) is 7.17. The summed E-state index contributed by atoms with van der Waals surface area (Å²) in [6, 6.07) is 9.29. The van der Waals surface area contributed by atoms with Gasteiger partial charge in [-0.3, -0.25) is 4.79 Å². The maximum atomic E-state index is 12.4. The Labute approximate surface area is 123 Å². The van der Waals surface area contributed by atoms with Crippen LogP contribution in [0.15, 0.2) is 42.7 Å². The molecule has 1 amide bonds. The van der Waals surface area contributed by atoms with E-state index in [1.807, 2.05) is 43.5 Å². The number of piperidine rings is 1. The van der Waals surface area contributed by atoms with E-state index in [0.29, 0.717) is 31.5 Å². The third kappa shape index (κ3) is 2.97. The molecule has 1 aliphatic heterocycles. The van der Waals surface area contributed by atoms with E-state index in [1.165, 1.54) is 0 Å². The van der Waals surface area contributed by atoms with Gasteiger partial charge in [0, 0.05) is 31.0 Å². The third-order valence-electron chi connectivity index (χ3n) is 4.01. The minimum Gasteiger partial charge on any atom is -0.390 e. The van der Waals surface area contributed by atoms with Crippen LogP contribution in [0.5, 0.6) is 0 Å². The molecule has 1 aromatic carbocycles. The van der Waals surface area contributed by atoms with E-state index in [0.717, 1.165) is 5.69 Å². The first kappa shape index (κ1) is 13.8. The van der Waals surface area contributed by atoms with E-state index >= 15 is 0 Å². The highest BCUT2D eigenvalue weighted by atomic mass is 16.3. The van der Waals surface area contributed by atoms with E-state index in [4.69, 9.17) is 0 Å². The molecule has 0 aliphatic carbocycles. The summed E-state index contributed by atoms with van der Waals surface area (Å²) in [6.45, 7) is 3.03. The summed E-state index contributed by atoms with van der Waals surface area (Å²) in [5.74, 6) is 0.0255. The molecule has 2 heterocycles. The Bertz CT molecular complexity index is 607. The van der Waals surface area contributed by atoms with Crippen LogP contribution < -0.4 is 0 Å². The van der Waals surface area contributed by atoms with Gasteiger partial charge in [0.1, 0.15) is 0 Å². The van der Waals surface area contributed by atoms with Gasteiger partial charge >= 0.3 is 0 Å². The Morgan fingerprint density at radius 1 is 1.24 bits per heavy atom. The summed E-state index contributed by atoms with van der Waals surface area (Å²) in [6.07, 6.45) is 4.84. The van der Waals surface area contributed by atoms with Crippen molar-refractivity contribution in [3.05, 3.63) is 48.3 Å². The fraction of sp³-hybridized carbons (Fsp3) is 0.375. The summed E-state index contributed by atoms with van der Waals surface area (Å²) < 4.78 is 1.76. The molecule has 1 aliphatic rings. The van der Waals surface area contributed by atoms with Crippen molar-refractivity contribution in [3.63, 3.8) is 0 Å². The van der Waals surface area contributed by atoms with Gasteiger partial charge in [-0.25, -0.2) is 4.68 Å². The highest BCUT2D eigenvalue weighted by Gasteiger charge is 2.29. The summed E-state index contributed by atoms with van der Waals surface area (Å²) >= 11 is 0. The minimum atomic E-state index is -0.638. The molecule has 2 aromatic rings. The molecule has 21 heavy (non-hydrogen) atoms. The first-order valence-electron chi connectivity index (χ1n) is 7.17. The number of amides is 1. The van der Waals surface area contributed by atoms with Crippen molar-refractivity contribution in [2.45, 2.75) is 25.4 Å². The predicted octanol–water partition coefficient (Wildman–Crippen LogP) is 1.86. The van der Waals surface area contributed by atoms with Crippen LogP contribution in [0.3, 0.4) is 0 Å². The molecule has 1 fully saturated rings. The molecule has 0 spiro atoms. The maximum absolute atomic E-state index is 12.4. The van der Waals surface area contributed by atoms with Gasteiger partial charge in [-0.05, 0) is 50.1 Å². The van der Waals surface area contributed by atoms with E-state index in [9.17, 15) is 9.90 Å². The molecule has 0 saturated carbocycles. The quantitative estimate of drug-likeness (QED) is 0.916. The number of hydrogen-bond donors (Lipinski definition) is 1.